The van der Waals surface area contributed by atoms with Gasteiger partial charge in [0.1, 0.15) is 12.6 Å². The molecule has 0 N–H and O–H groups in total. The minimum absolute atomic E-state index is 0.0251. The summed E-state index contributed by atoms with van der Waals surface area (Å²) in [4.78, 5) is 8.47. The summed E-state index contributed by atoms with van der Waals surface area (Å²) < 4.78 is 19.4. The standard InChI is InChI=1S/C13H12ClFN4OS/c1-3-6-20-13-16-7-9(15)12(17-13)19-18-8(2)10-4-5-11(14)21-10/h3-5,7-8H,1,6H2,2H3. The molecule has 0 amide bonds. The summed E-state index contributed by atoms with van der Waals surface area (Å²) in [6.45, 7) is 5.57. The molecule has 2 aromatic rings. The van der Waals surface area contributed by atoms with Crippen molar-refractivity contribution in [2.45, 2.75) is 13.0 Å². The van der Waals surface area contributed by atoms with Crippen LogP contribution in [0.4, 0.5) is 10.2 Å². The molecule has 2 aromatic heterocycles. The van der Waals surface area contributed by atoms with E-state index in [-0.39, 0.29) is 24.5 Å². The number of hydrogen-bond acceptors (Lipinski definition) is 6. The lowest BCUT2D eigenvalue weighted by Gasteiger charge is -2.03. The van der Waals surface area contributed by atoms with Gasteiger partial charge < -0.3 is 4.74 Å². The number of aromatic nitrogens is 2. The Balaban J connectivity index is 2.13. The molecule has 0 aromatic carbocycles. The zero-order valence-corrected chi connectivity index (χ0v) is 12.7. The summed E-state index contributed by atoms with van der Waals surface area (Å²) in [7, 11) is 0. The first-order chi connectivity index (χ1) is 10.1. The molecule has 110 valence electrons. The first-order valence-electron chi connectivity index (χ1n) is 6.02. The summed E-state index contributed by atoms with van der Waals surface area (Å²) >= 11 is 7.26. The van der Waals surface area contributed by atoms with E-state index in [2.05, 4.69) is 26.8 Å². The third-order valence-electron chi connectivity index (χ3n) is 2.37. The quantitative estimate of drug-likeness (QED) is 0.569. The second-order valence-electron chi connectivity index (χ2n) is 3.96. The van der Waals surface area contributed by atoms with Gasteiger partial charge in [-0.25, -0.2) is 9.37 Å². The molecule has 0 saturated heterocycles. The van der Waals surface area contributed by atoms with Gasteiger partial charge in [0, 0.05) is 4.88 Å². The third-order valence-corrected chi connectivity index (χ3v) is 3.77. The van der Waals surface area contributed by atoms with Gasteiger partial charge in [-0.1, -0.05) is 24.3 Å². The number of nitrogens with zero attached hydrogens (tertiary/aromatic N) is 4. The average molecular weight is 327 g/mol. The van der Waals surface area contributed by atoms with Crippen LogP contribution in [0.2, 0.25) is 4.34 Å². The van der Waals surface area contributed by atoms with E-state index in [9.17, 15) is 4.39 Å². The van der Waals surface area contributed by atoms with Crippen LogP contribution in [0.5, 0.6) is 6.01 Å². The average Bonchev–Trinajstić information content (AvgIpc) is 2.91. The monoisotopic (exact) mass is 326 g/mol. The number of rotatable bonds is 6. The Morgan fingerprint density at radius 2 is 2.38 bits per heavy atom. The van der Waals surface area contributed by atoms with Crippen molar-refractivity contribution < 1.29 is 9.13 Å². The van der Waals surface area contributed by atoms with Gasteiger partial charge in [0.15, 0.2) is 5.82 Å². The second kappa shape index (κ2) is 7.24. The maximum Gasteiger partial charge on any atom is 0.318 e. The number of azo groups is 1. The minimum atomic E-state index is -0.666. The molecule has 8 heteroatoms. The molecule has 5 nitrogen and oxygen atoms in total. The van der Waals surface area contributed by atoms with Crippen LogP contribution in [0.15, 0.2) is 41.2 Å². The summed E-state index contributed by atoms with van der Waals surface area (Å²) in [5.74, 6) is -0.834. The predicted octanol–water partition coefficient (Wildman–Crippen LogP) is 4.74. The molecule has 0 saturated carbocycles. The third kappa shape index (κ3) is 4.30. The molecular formula is C13H12ClFN4OS. The number of ether oxygens (including phenoxy) is 1. The van der Waals surface area contributed by atoms with Crippen LogP contribution in [-0.4, -0.2) is 16.6 Å². The lowest BCUT2D eigenvalue weighted by atomic mass is 10.3. The van der Waals surface area contributed by atoms with Gasteiger partial charge in [-0.05, 0) is 19.1 Å². The minimum Gasteiger partial charge on any atom is -0.459 e. The fourth-order valence-electron chi connectivity index (χ4n) is 1.37. The SMILES string of the molecule is C=CCOc1ncc(F)c(N=NC(C)c2ccc(Cl)s2)n1. The molecule has 0 spiro atoms. The second-order valence-corrected chi connectivity index (χ2v) is 5.70. The molecule has 1 atom stereocenters. The van der Waals surface area contributed by atoms with Crippen molar-refractivity contribution in [3.05, 3.63) is 46.0 Å². The highest BCUT2D eigenvalue weighted by atomic mass is 35.5. The molecule has 0 bridgehead atoms. The van der Waals surface area contributed by atoms with E-state index in [1.54, 1.807) is 6.07 Å². The number of hydrogen-bond donors (Lipinski definition) is 0. The van der Waals surface area contributed by atoms with E-state index in [0.29, 0.717) is 4.34 Å². The van der Waals surface area contributed by atoms with Gasteiger partial charge in [-0.15, -0.1) is 16.5 Å². The lowest BCUT2D eigenvalue weighted by molar-refractivity contribution is 0.331. The predicted molar refractivity (Wildman–Crippen MR) is 79.9 cm³/mol. The van der Waals surface area contributed by atoms with Crippen molar-refractivity contribution in [3.63, 3.8) is 0 Å². The Hall–Kier alpha value is -1.86. The first kappa shape index (κ1) is 15.5. The Labute approximate surface area is 130 Å². The van der Waals surface area contributed by atoms with E-state index in [1.807, 2.05) is 13.0 Å². The van der Waals surface area contributed by atoms with Gasteiger partial charge in [-0.3, -0.25) is 0 Å². The maximum absolute atomic E-state index is 13.6. The Kier molecular flexibility index (Phi) is 5.35. The Morgan fingerprint density at radius 1 is 1.57 bits per heavy atom. The van der Waals surface area contributed by atoms with Crippen molar-refractivity contribution in [2.75, 3.05) is 6.61 Å². The summed E-state index contributed by atoms with van der Waals surface area (Å²) in [5, 5.41) is 7.85. The Morgan fingerprint density at radius 3 is 3.05 bits per heavy atom. The molecule has 0 aliphatic heterocycles. The first-order valence-corrected chi connectivity index (χ1v) is 7.22. The maximum atomic E-state index is 13.6. The topological polar surface area (TPSA) is 59.7 Å². The summed E-state index contributed by atoms with van der Waals surface area (Å²) in [6, 6.07) is 3.41. The van der Waals surface area contributed by atoms with Crippen molar-refractivity contribution in [2.24, 2.45) is 10.2 Å². The summed E-state index contributed by atoms with van der Waals surface area (Å²) in [6.07, 6.45) is 2.53. The van der Waals surface area contributed by atoms with Gasteiger partial charge in [0.05, 0.1) is 10.5 Å². The summed E-state index contributed by atoms with van der Waals surface area (Å²) in [5.41, 5.74) is 0. The van der Waals surface area contributed by atoms with Crippen LogP contribution in [0.25, 0.3) is 0 Å². The van der Waals surface area contributed by atoms with Gasteiger partial charge in [-0.2, -0.15) is 10.1 Å². The highest BCUT2D eigenvalue weighted by Gasteiger charge is 2.10. The van der Waals surface area contributed by atoms with E-state index >= 15 is 0 Å². The van der Waals surface area contributed by atoms with Crippen LogP contribution >= 0.6 is 22.9 Å². The Bertz CT molecular complexity index is 661. The van der Waals surface area contributed by atoms with E-state index in [4.69, 9.17) is 16.3 Å². The van der Waals surface area contributed by atoms with Gasteiger partial charge >= 0.3 is 6.01 Å². The molecule has 0 fully saturated rings. The fourth-order valence-corrected chi connectivity index (χ4v) is 2.41. The van der Waals surface area contributed by atoms with E-state index in [1.165, 1.54) is 17.4 Å². The van der Waals surface area contributed by atoms with Crippen LogP contribution in [0.3, 0.4) is 0 Å². The van der Waals surface area contributed by atoms with E-state index in [0.717, 1.165) is 11.1 Å². The molecule has 0 aliphatic rings. The lowest BCUT2D eigenvalue weighted by Crippen LogP contribution is -1.98. The normalized spacial score (nSPS) is 12.5. The van der Waals surface area contributed by atoms with Crippen LogP contribution in [0, 0.1) is 5.82 Å². The zero-order chi connectivity index (χ0) is 15.2. The largest absolute Gasteiger partial charge is 0.459 e. The van der Waals surface area contributed by atoms with Crippen molar-refractivity contribution in [3.8, 4) is 6.01 Å². The number of thiophene rings is 1. The molecule has 0 aliphatic carbocycles. The van der Waals surface area contributed by atoms with Gasteiger partial charge in [0.2, 0.25) is 5.82 Å². The molecule has 0 radical (unpaired) electrons. The van der Waals surface area contributed by atoms with E-state index < -0.39 is 5.82 Å². The molecular weight excluding hydrogens is 315 g/mol. The van der Waals surface area contributed by atoms with Crippen LogP contribution in [0.1, 0.15) is 17.8 Å². The van der Waals surface area contributed by atoms with Crippen LogP contribution < -0.4 is 4.74 Å². The van der Waals surface area contributed by atoms with Crippen molar-refractivity contribution >= 4 is 28.8 Å². The molecule has 21 heavy (non-hydrogen) atoms. The van der Waals surface area contributed by atoms with Crippen molar-refractivity contribution in [1.29, 1.82) is 0 Å². The zero-order valence-electron chi connectivity index (χ0n) is 11.2. The van der Waals surface area contributed by atoms with Crippen molar-refractivity contribution in [1.82, 2.24) is 9.97 Å². The fraction of sp³-hybridized carbons (Fsp3) is 0.231. The molecule has 2 heterocycles. The number of halogens is 2. The smallest absolute Gasteiger partial charge is 0.318 e. The highest BCUT2D eigenvalue weighted by molar-refractivity contribution is 7.16. The van der Waals surface area contributed by atoms with Gasteiger partial charge in [0.25, 0.3) is 0 Å². The van der Waals surface area contributed by atoms with Crippen LogP contribution in [-0.2, 0) is 0 Å². The molecule has 2 rings (SSSR count). The highest BCUT2D eigenvalue weighted by Crippen LogP contribution is 2.30. The molecule has 1 unspecified atom stereocenters.